The van der Waals surface area contributed by atoms with Crippen molar-refractivity contribution in [3.63, 3.8) is 0 Å². The first-order chi connectivity index (χ1) is 13.3. The van der Waals surface area contributed by atoms with Crippen LogP contribution in [0.15, 0.2) is 71.6 Å². The molecule has 3 rings (SSSR count). The molecule has 0 aliphatic heterocycles. The standard InChI is InChI=1S/C22H24N2O3S/c1-15(2)21(22(25)23-19-10-6-7-16(3)13-19)24-28(26,27)20-12-11-17-8-4-5-9-18(17)14-20/h4-15,21,24H,1-3H3,(H,23,25). The van der Waals surface area contributed by atoms with Crippen molar-refractivity contribution in [2.24, 2.45) is 5.92 Å². The second-order valence-corrected chi connectivity index (χ2v) is 8.92. The summed E-state index contributed by atoms with van der Waals surface area (Å²) in [5, 5.41) is 4.59. The highest BCUT2D eigenvalue weighted by Gasteiger charge is 2.28. The van der Waals surface area contributed by atoms with E-state index in [9.17, 15) is 13.2 Å². The quantitative estimate of drug-likeness (QED) is 0.659. The Balaban J connectivity index is 1.84. The van der Waals surface area contributed by atoms with E-state index in [1.165, 1.54) is 0 Å². The van der Waals surface area contributed by atoms with E-state index in [2.05, 4.69) is 10.0 Å². The molecule has 0 saturated carbocycles. The van der Waals surface area contributed by atoms with Crippen LogP contribution in [0, 0.1) is 12.8 Å². The van der Waals surface area contributed by atoms with Crippen molar-refractivity contribution in [3.05, 3.63) is 72.3 Å². The third-order valence-electron chi connectivity index (χ3n) is 4.55. The fourth-order valence-electron chi connectivity index (χ4n) is 3.00. The van der Waals surface area contributed by atoms with Crippen LogP contribution < -0.4 is 10.0 Å². The number of fused-ring (bicyclic) bond motifs is 1. The van der Waals surface area contributed by atoms with Crippen LogP contribution in [0.1, 0.15) is 19.4 Å². The molecule has 0 radical (unpaired) electrons. The summed E-state index contributed by atoms with van der Waals surface area (Å²) >= 11 is 0. The number of sulfonamides is 1. The first-order valence-electron chi connectivity index (χ1n) is 9.15. The number of benzene rings is 3. The summed E-state index contributed by atoms with van der Waals surface area (Å²) in [5.41, 5.74) is 1.65. The molecule has 0 aliphatic carbocycles. The fraction of sp³-hybridized carbons (Fsp3) is 0.227. The Labute approximate surface area is 165 Å². The first kappa shape index (κ1) is 20.0. The number of rotatable bonds is 6. The number of carbonyl (C=O) groups is 1. The van der Waals surface area contributed by atoms with E-state index in [4.69, 9.17) is 0 Å². The van der Waals surface area contributed by atoms with Gasteiger partial charge in [-0.15, -0.1) is 0 Å². The van der Waals surface area contributed by atoms with E-state index in [-0.39, 0.29) is 16.7 Å². The zero-order valence-electron chi connectivity index (χ0n) is 16.1. The minimum absolute atomic E-state index is 0.139. The molecule has 1 unspecified atom stereocenters. The Hall–Kier alpha value is -2.70. The molecule has 0 spiro atoms. The van der Waals surface area contributed by atoms with Crippen molar-refractivity contribution in [3.8, 4) is 0 Å². The van der Waals surface area contributed by atoms with Crippen LogP contribution in [-0.2, 0) is 14.8 Å². The van der Waals surface area contributed by atoms with Gasteiger partial charge in [0.2, 0.25) is 15.9 Å². The summed E-state index contributed by atoms with van der Waals surface area (Å²) in [6.07, 6.45) is 0. The van der Waals surface area contributed by atoms with Crippen molar-refractivity contribution < 1.29 is 13.2 Å². The van der Waals surface area contributed by atoms with Gasteiger partial charge in [0.15, 0.2) is 0 Å². The molecule has 0 heterocycles. The molecule has 2 N–H and O–H groups in total. The fourth-order valence-corrected chi connectivity index (χ4v) is 4.38. The summed E-state index contributed by atoms with van der Waals surface area (Å²) in [5.74, 6) is -0.606. The zero-order chi connectivity index (χ0) is 20.3. The maximum absolute atomic E-state index is 12.9. The average molecular weight is 397 g/mol. The van der Waals surface area contributed by atoms with Crippen molar-refractivity contribution in [2.75, 3.05) is 5.32 Å². The van der Waals surface area contributed by atoms with Gasteiger partial charge >= 0.3 is 0 Å². The minimum atomic E-state index is -3.85. The molecule has 0 fully saturated rings. The van der Waals surface area contributed by atoms with E-state index < -0.39 is 16.1 Å². The Kier molecular flexibility index (Phi) is 5.82. The van der Waals surface area contributed by atoms with E-state index >= 15 is 0 Å². The van der Waals surface area contributed by atoms with Crippen molar-refractivity contribution >= 4 is 32.4 Å². The molecule has 28 heavy (non-hydrogen) atoms. The third-order valence-corrected chi connectivity index (χ3v) is 5.99. The maximum atomic E-state index is 12.9. The van der Waals surface area contributed by atoms with Crippen LogP contribution >= 0.6 is 0 Å². The predicted molar refractivity (Wildman–Crippen MR) is 113 cm³/mol. The molecule has 0 bridgehead atoms. The van der Waals surface area contributed by atoms with E-state index in [0.29, 0.717) is 5.69 Å². The number of nitrogens with one attached hydrogen (secondary N) is 2. The van der Waals surface area contributed by atoms with Gasteiger partial charge in [-0.3, -0.25) is 4.79 Å². The van der Waals surface area contributed by atoms with Crippen LogP contribution in [0.4, 0.5) is 5.69 Å². The van der Waals surface area contributed by atoms with Gasteiger partial charge in [0, 0.05) is 5.69 Å². The lowest BCUT2D eigenvalue weighted by Gasteiger charge is -2.22. The molecule has 146 valence electrons. The first-order valence-corrected chi connectivity index (χ1v) is 10.6. The van der Waals surface area contributed by atoms with Gasteiger partial charge in [0.05, 0.1) is 4.90 Å². The topological polar surface area (TPSA) is 75.3 Å². The van der Waals surface area contributed by atoms with Crippen LogP contribution in [-0.4, -0.2) is 20.4 Å². The summed E-state index contributed by atoms with van der Waals surface area (Å²) in [6, 6.07) is 19.0. The average Bonchev–Trinajstić information content (AvgIpc) is 2.65. The van der Waals surface area contributed by atoms with Gasteiger partial charge in [-0.1, -0.05) is 56.3 Å². The van der Waals surface area contributed by atoms with Crippen LogP contribution in [0.3, 0.4) is 0 Å². The molecule has 3 aromatic rings. The van der Waals surface area contributed by atoms with Crippen molar-refractivity contribution in [2.45, 2.75) is 31.7 Å². The van der Waals surface area contributed by atoms with Gasteiger partial charge in [-0.05, 0) is 53.4 Å². The van der Waals surface area contributed by atoms with E-state index in [1.54, 1.807) is 24.3 Å². The number of hydrogen-bond acceptors (Lipinski definition) is 3. The molecule has 5 nitrogen and oxygen atoms in total. The highest BCUT2D eigenvalue weighted by atomic mass is 32.2. The summed E-state index contributed by atoms with van der Waals surface area (Å²) in [4.78, 5) is 12.9. The molecule has 6 heteroatoms. The van der Waals surface area contributed by atoms with Crippen LogP contribution in [0.25, 0.3) is 10.8 Å². The second-order valence-electron chi connectivity index (χ2n) is 7.21. The second kappa shape index (κ2) is 8.12. The van der Waals surface area contributed by atoms with Gasteiger partial charge in [-0.2, -0.15) is 4.72 Å². The Bertz CT molecular complexity index is 1110. The Morgan fingerprint density at radius 1 is 0.893 bits per heavy atom. The SMILES string of the molecule is Cc1cccc(NC(=O)C(NS(=O)(=O)c2ccc3ccccc3c2)C(C)C)c1. The number of aryl methyl sites for hydroxylation is 1. The molecule has 0 aromatic heterocycles. The normalized spacial score (nSPS) is 12.9. The van der Waals surface area contributed by atoms with Gasteiger partial charge in [0.25, 0.3) is 0 Å². The highest BCUT2D eigenvalue weighted by molar-refractivity contribution is 7.89. The summed E-state index contributed by atoms with van der Waals surface area (Å²) in [7, 11) is -3.85. The molecule has 0 aliphatic rings. The highest BCUT2D eigenvalue weighted by Crippen LogP contribution is 2.20. The molecule has 1 amide bonds. The smallest absolute Gasteiger partial charge is 0.242 e. The number of carbonyl (C=O) groups excluding carboxylic acids is 1. The summed E-state index contributed by atoms with van der Waals surface area (Å²) < 4.78 is 28.4. The van der Waals surface area contributed by atoms with E-state index in [0.717, 1.165) is 16.3 Å². The number of amides is 1. The molecular formula is C22H24N2O3S. The Morgan fingerprint density at radius 2 is 1.61 bits per heavy atom. The maximum Gasteiger partial charge on any atom is 0.242 e. The lowest BCUT2D eigenvalue weighted by Crippen LogP contribution is -2.47. The Morgan fingerprint density at radius 3 is 2.29 bits per heavy atom. The number of anilines is 1. The van der Waals surface area contributed by atoms with Crippen molar-refractivity contribution in [1.29, 1.82) is 0 Å². The number of hydrogen-bond donors (Lipinski definition) is 2. The molecule has 0 saturated heterocycles. The molecule has 3 aromatic carbocycles. The molecular weight excluding hydrogens is 372 g/mol. The van der Waals surface area contributed by atoms with Gasteiger partial charge < -0.3 is 5.32 Å². The summed E-state index contributed by atoms with van der Waals surface area (Å²) in [6.45, 7) is 5.55. The zero-order valence-corrected chi connectivity index (χ0v) is 17.0. The third kappa shape index (κ3) is 4.58. The lowest BCUT2D eigenvalue weighted by atomic mass is 10.0. The van der Waals surface area contributed by atoms with Gasteiger partial charge in [0.1, 0.15) is 6.04 Å². The minimum Gasteiger partial charge on any atom is -0.325 e. The van der Waals surface area contributed by atoms with E-state index in [1.807, 2.05) is 63.2 Å². The van der Waals surface area contributed by atoms with Crippen LogP contribution in [0.2, 0.25) is 0 Å². The van der Waals surface area contributed by atoms with Crippen LogP contribution in [0.5, 0.6) is 0 Å². The lowest BCUT2D eigenvalue weighted by molar-refractivity contribution is -0.118. The molecule has 1 atom stereocenters. The predicted octanol–water partition coefficient (Wildman–Crippen LogP) is 4.09. The monoisotopic (exact) mass is 396 g/mol. The largest absolute Gasteiger partial charge is 0.325 e. The van der Waals surface area contributed by atoms with Crippen molar-refractivity contribution in [1.82, 2.24) is 4.72 Å². The van der Waals surface area contributed by atoms with Gasteiger partial charge in [-0.25, -0.2) is 8.42 Å².